The molecule has 0 aliphatic heterocycles. The fourth-order valence-corrected chi connectivity index (χ4v) is 2.91. The summed E-state index contributed by atoms with van der Waals surface area (Å²) in [6.07, 6.45) is 2.33. The lowest BCUT2D eigenvalue weighted by molar-refractivity contribution is -0.116. The third kappa shape index (κ3) is 5.31. The van der Waals surface area contributed by atoms with Crippen molar-refractivity contribution in [1.82, 2.24) is 15.5 Å². The molecule has 27 heavy (non-hydrogen) atoms. The molecule has 0 saturated heterocycles. The van der Waals surface area contributed by atoms with Crippen molar-refractivity contribution < 1.29 is 9.21 Å². The van der Waals surface area contributed by atoms with Crippen molar-refractivity contribution in [1.29, 1.82) is 0 Å². The Kier molecular flexibility index (Phi) is 6.08. The molecular weight excluding hydrogens is 340 g/mol. The van der Waals surface area contributed by atoms with Gasteiger partial charge in [0.05, 0.1) is 6.20 Å². The number of nitrogens with zero attached hydrogens (tertiary/aromatic N) is 1. The zero-order chi connectivity index (χ0) is 19.2. The number of nitrogens with one attached hydrogen (secondary N) is 3. The van der Waals surface area contributed by atoms with Crippen LogP contribution in [0.2, 0.25) is 0 Å². The molecule has 6 nitrogen and oxygen atoms in total. The molecule has 0 saturated carbocycles. The molecule has 6 heteroatoms. The molecule has 3 rings (SSSR count). The van der Waals surface area contributed by atoms with Gasteiger partial charge in [-0.15, -0.1) is 0 Å². The number of H-pyrrole nitrogens is 1. The third-order valence-electron chi connectivity index (χ3n) is 4.15. The first-order valence-corrected chi connectivity index (χ1v) is 9.20. The lowest BCUT2D eigenvalue weighted by atomic mass is 10.1. The summed E-state index contributed by atoms with van der Waals surface area (Å²) in [4.78, 5) is 11.9. The molecule has 0 aliphatic carbocycles. The second kappa shape index (κ2) is 8.68. The molecule has 0 aliphatic rings. The molecule has 0 spiro atoms. The van der Waals surface area contributed by atoms with Gasteiger partial charge < -0.3 is 15.1 Å². The van der Waals surface area contributed by atoms with Crippen LogP contribution in [0.4, 0.5) is 5.69 Å². The zero-order valence-corrected chi connectivity index (χ0v) is 16.0. The molecule has 0 atom stereocenters. The van der Waals surface area contributed by atoms with E-state index in [1.807, 2.05) is 63.4 Å². The van der Waals surface area contributed by atoms with Crippen molar-refractivity contribution in [3.05, 3.63) is 59.5 Å². The van der Waals surface area contributed by atoms with Crippen LogP contribution in [0.3, 0.4) is 0 Å². The second-order valence-corrected chi connectivity index (χ2v) is 7.13. The van der Waals surface area contributed by atoms with E-state index in [1.54, 1.807) is 0 Å². The van der Waals surface area contributed by atoms with Crippen molar-refractivity contribution in [3.63, 3.8) is 0 Å². The number of aryl methyl sites for hydroxylation is 1. The zero-order valence-electron chi connectivity index (χ0n) is 16.0. The van der Waals surface area contributed by atoms with Gasteiger partial charge in [-0.25, -0.2) is 0 Å². The fourth-order valence-electron chi connectivity index (χ4n) is 2.91. The topological polar surface area (TPSA) is 83.0 Å². The van der Waals surface area contributed by atoms with Crippen LogP contribution in [0.25, 0.3) is 11.5 Å². The molecule has 0 fully saturated rings. The van der Waals surface area contributed by atoms with Gasteiger partial charge in [-0.1, -0.05) is 26.0 Å². The Labute approximate surface area is 159 Å². The lowest BCUT2D eigenvalue weighted by Crippen LogP contribution is -2.15. The van der Waals surface area contributed by atoms with Crippen LogP contribution in [0.5, 0.6) is 0 Å². The minimum absolute atomic E-state index is 0.0480. The summed E-state index contributed by atoms with van der Waals surface area (Å²) < 4.78 is 5.67. The number of rotatable bonds is 8. The van der Waals surface area contributed by atoms with Gasteiger partial charge in [-0.3, -0.25) is 9.89 Å². The van der Waals surface area contributed by atoms with Crippen molar-refractivity contribution >= 4 is 11.6 Å². The number of benzene rings is 1. The summed E-state index contributed by atoms with van der Waals surface area (Å²) in [6, 6.07) is 11.8. The van der Waals surface area contributed by atoms with E-state index >= 15 is 0 Å². The number of furan rings is 1. The molecule has 1 amide bonds. The standard InChI is InChI=1S/C21H26N4O2/c1-14(2)9-20(26)24-18-6-4-5-16(10-18)11-22-12-17-13-23-25-21(17)19-8-7-15(3)27-19/h4-8,10,13-14,22H,9,11-12H2,1-3H3,(H,23,25)(H,24,26). The van der Waals surface area contributed by atoms with E-state index in [9.17, 15) is 4.79 Å². The van der Waals surface area contributed by atoms with E-state index in [0.29, 0.717) is 25.4 Å². The molecule has 1 aromatic carbocycles. The number of amides is 1. The summed E-state index contributed by atoms with van der Waals surface area (Å²) >= 11 is 0. The molecule has 3 N–H and O–H groups in total. The average molecular weight is 366 g/mol. The second-order valence-electron chi connectivity index (χ2n) is 7.13. The number of carbonyl (C=O) groups is 1. The van der Waals surface area contributed by atoms with Crippen LogP contribution in [0.15, 0.2) is 47.0 Å². The van der Waals surface area contributed by atoms with Crippen LogP contribution < -0.4 is 10.6 Å². The maximum absolute atomic E-state index is 11.9. The summed E-state index contributed by atoms with van der Waals surface area (Å²) in [5, 5.41) is 13.5. The Hall–Kier alpha value is -2.86. The predicted octanol–water partition coefficient (Wildman–Crippen LogP) is 4.25. The predicted molar refractivity (Wildman–Crippen MR) is 106 cm³/mol. The molecular formula is C21H26N4O2. The van der Waals surface area contributed by atoms with E-state index in [0.717, 1.165) is 34.0 Å². The normalized spacial score (nSPS) is 11.1. The summed E-state index contributed by atoms with van der Waals surface area (Å²) in [7, 11) is 0. The van der Waals surface area contributed by atoms with Crippen LogP contribution >= 0.6 is 0 Å². The highest BCUT2D eigenvalue weighted by atomic mass is 16.3. The Morgan fingerprint density at radius 1 is 1.22 bits per heavy atom. The van der Waals surface area contributed by atoms with Crippen LogP contribution in [0, 0.1) is 12.8 Å². The minimum atomic E-state index is 0.0480. The monoisotopic (exact) mass is 366 g/mol. The highest BCUT2D eigenvalue weighted by Gasteiger charge is 2.11. The maximum atomic E-state index is 11.9. The molecule has 2 aromatic heterocycles. The molecule has 0 unspecified atom stereocenters. The third-order valence-corrected chi connectivity index (χ3v) is 4.15. The van der Waals surface area contributed by atoms with E-state index in [4.69, 9.17) is 4.42 Å². The largest absolute Gasteiger partial charge is 0.460 e. The van der Waals surface area contributed by atoms with Crippen LogP contribution in [0.1, 0.15) is 37.2 Å². The first-order chi connectivity index (χ1) is 13.0. The molecule has 0 bridgehead atoms. The Bertz CT molecular complexity index is 895. The van der Waals surface area contributed by atoms with Crippen LogP contribution in [-0.2, 0) is 17.9 Å². The van der Waals surface area contributed by atoms with Gasteiger partial charge in [0.1, 0.15) is 11.5 Å². The average Bonchev–Trinajstić information content (AvgIpc) is 3.23. The molecule has 3 aromatic rings. The van der Waals surface area contributed by atoms with Gasteiger partial charge in [0, 0.05) is 30.8 Å². The first kappa shape index (κ1) is 18.9. The lowest BCUT2D eigenvalue weighted by Gasteiger charge is -2.09. The van der Waals surface area contributed by atoms with Crippen LogP contribution in [-0.4, -0.2) is 16.1 Å². The summed E-state index contributed by atoms with van der Waals surface area (Å²) in [6.45, 7) is 7.35. The molecule has 0 radical (unpaired) electrons. The van der Waals surface area contributed by atoms with Crippen molar-refractivity contribution in [3.8, 4) is 11.5 Å². The van der Waals surface area contributed by atoms with Gasteiger partial charge in [0.2, 0.25) is 5.91 Å². The smallest absolute Gasteiger partial charge is 0.224 e. The van der Waals surface area contributed by atoms with Gasteiger partial charge in [0.15, 0.2) is 5.76 Å². The SMILES string of the molecule is Cc1ccc(-c2[nH]ncc2CNCc2cccc(NC(=O)CC(C)C)c2)o1. The number of aromatic nitrogens is 2. The van der Waals surface area contributed by atoms with E-state index in [2.05, 4.69) is 20.8 Å². The minimum Gasteiger partial charge on any atom is -0.460 e. The molecule has 2 heterocycles. The highest BCUT2D eigenvalue weighted by Crippen LogP contribution is 2.23. The fraction of sp³-hybridized carbons (Fsp3) is 0.333. The van der Waals surface area contributed by atoms with Crippen molar-refractivity contribution in [2.45, 2.75) is 40.3 Å². The van der Waals surface area contributed by atoms with Gasteiger partial charge in [0.25, 0.3) is 0 Å². The van der Waals surface area contributed by atoms with E-state index in [1.165, 1.54) is 0 Å². The molecule has 142 valence electrons. The number of carbonyl (C=O) groups excluding carboxylic acids is 1. The van der Waals surface area contributed by atoms with E-state index in [-0.39, 0.29) is 5.91 Å². The Morgan fingerprint density at radius 2 is 2.07 bits per heavy atom. The van der Waals surface area contributed by atoms with E-state index < -0.39 is 0 Å². The Morgan fingerprint density at radius 3 is 2.81 bits per heavy atom. The van der Waals surface area contributed by atoms with Crippen molar-refractivity contribution in [2.24, 2.45) is 5.92 Å². The summed E-state index contributed by atoms with van der Waals surface area (Å²) in [5.41, 5.74) is 3.88. The number of aromatic amines is 1. The van der Waals surface area contributed by atoms with Gasteiger partial charge in [-0.2, -0.15) is 5.10 Å². The Balaban J connectivity index is 1.56. The quantitative estimate of drug-likeness (QED) is 0.556. The van der Waals surface area contributed by atoms with Gasteiger partial charge in [-0.05, 0) is 42.7 Å². The first-order valence-electron chi connectivity index (χ1n) is 9.20. The number of hydrogen-bond acceptors (Lipinski definition) is 4. The number of anilines is 1. The maximum Gasteiger partial charge on any atom is 0.224 e. The summed E-state index contributed by atoms with van der Waals surface area (Å²) in [5.74, 6) is 2.05. The van der Waals surface area contributed by atoms with Crippen molar-refractivity contribution in [2.75, 3.05) is 5.32 Å². The van der Waals surface area contributed by atoms with Gasteiger partial charge >= 0.3 is 0 Å². The number of hydrogen-bond donors (Lipinski definition) is 3. The highest BCUT2D eigenvalue weighted by molar-refractivity contribution is 5.90.